The van der Waals surface area contributed by atoms with E-state index >= 15 is 0 Å². The molecule has 0 bridgehead atoms. The normalized spacial score (nSPS) is 19.8. The first-order valence-corrected chi connectivity index (χ1v) is 9.22. The van der Waals surface area contributed by atoms with E-state index in [9.17, 15) is 10.1 Å². The van der Waals surface area contributed by atoms with Crippen LogP contribution >= 0.6 is 0 Å². The molecule has 3 nitrogen and oxygen atoms in total. The molecule has 0 amide bonds. The highest BCUT2D eigenvalue weighted by Crippen LogP contribution is 2.43. The summed E-state index contributed by atoms with van der Waals surface area (Å²) < 4.78 is 5.69. The quantitative estimate of drug-likeness (QED) is 0.516. The molecule has 1 aliphatic heterocycles. The van der Waals surface area contributed by atoms with Gasteiger partial charge in [0.05, 0.1) is 17.6 Å². The fourth-order valence-corrected chi connectivity index (χ4v) is 3.59. The summed E-state index contributed by atoms with van der Waals surface area (Å²) in [7, 11) is 0. The monoisotopic (exact) mass is 345 g/mol. The van der Waals surface area contributed by atoms with Crippen molar-refractivity contribution in [3.63, 3.8) is 0 Å². The van der Waals surface area contributed by atoms with Crippen molar-refractivity contribution in [2.24, 2.45) is 5.92 Å². The van der Waals surface area contributed by atoms with Gasteiger partial charge in [0.1, 0.15) is 0 Å². The molecule has 3 rings (SSSR count). The van der Waals surface area contributed by atoms with E-state index in [2.05, 4.69) is 13.0 Å². The Labute approximate surface area is 154 Å². The third kappa shape index (κ3) is 3.70. The van der Waals surface area contributed by atoms with Crippen LogP contribution in [0.1, 0.15) is 49.7 Å². The number of nitriles is 1. The van der Waals surface area contributed by atoms with Crippen LogP contribution in [0.4, 0.5) is 0 Å². The van der Waals surface area contributed by atoms with E-state index in [0.717, 1.165) is 36.8 Å². The maximum absolute atomic E-state index is 12.9. The molecular weight excluding hydrogens is 322 g/mol. The van der Waals surface area contributed by atoms with E-state index in [0.29, 0.717) is 11.3 Å². The molecule has 0 spiro atoms. The van der Waals surface area contributed by atoms with Gasteiger partial charge in [-0.25, -0.2) is 0 Å². The third-order valence-corrected chi connectivity index (χ3v) is 4.90. The summed E-state index contributed by atoms with van der Waals surface area (Å²) in [6.45, 7) is 2.14. The van der Waals surface area contributed by atoms with Crippen LogP contribution in [0.2, 0.25) is 0 Å². The Morgan fingerprint density at radius 3 is 2.27 bits per heavy atom. The van der Waals surface area contributed by atoms with Crippen LogP contribution in [0, 0.1) is 17.2 Å². The second kappa shape index (κ2) is 8.49. The molecule has 1 heterocycles. The van der Waals surface area contributed by atoms with Crippen LogP contribution in [0.15, 0.2) is 66.2 Å². The molecule has 3 heteroatoms. The number of unbranched alkanes of at least 4 members (excludes halogenated alkanes) is 2. The molecule has 0 aromatic heterocycles. The highest BCUT2D eigenvalue weighted by Gasteiger charge is 2.40. The van der Waals surface area contributed by atoms with Crippen molar-refractivity contribution in [2.45, 2.75) is 38.5 Å². The molecule has 1 aliphatic rings. The minimum absolute atomic E-state index is 0.229. The van der Waals surface area contributed by atoms with Gasteiger partial charge in [-0.05, 0) is 12.0 Å². The van der Waals surface area contributed by atoms with Crippen molar-refractivity contribution >= 4 is 11.7 Å². The average molecular weight is 345 g/mol. The molecule has 2 aromatic carbocycles. The Kier molecular flexibility index (Phi) is 5.86. The van der Waals surface area contributed by atoms with Gasteiger partial charge in [-0.3, -0.25) is 4.79 Å². The van der Waals surface area contributed by atoms with Gasteiger partial charge in [-0.15, -0.1) is 0 Å². The van der Waals surface area contributed by atoms with Crippen LogP contribution in [0.3, 0.4) is 0 Å². The predicted octanol–water partition coefficient (Wildman–Crippen LogP) is 5.46. The standard InChI is InChI=1S/C23H23NO2/c1-2-3-6-15-19-21(17-11-7-4-8-12-17)20(16-24)22(26-23(19)25)18-13-9-5-10-14-18/h4-5,7-14,19,21H,2-3,6,15H2,1H3/t19-,21+/m0/s1. The van der Waals surface area contributed by atoms with Crippen LogP contribution in [0.5, 0.6) is 0 Å². The van der Waals surface area contributed by atoms with E-state index in [4.69, 9.17) is 4.74 Å². The van der Waals surface area contributed by atoms with Gasteiger partial charge in [-0.1, -0.05) is 86.8 Å². The van der Waals surface area contributed by atoms with Crippen molar-refractivity contribution in [1.82, 2.24) is 0 Å². The first kappa shape index (κ1) is 17.9. The molecule has 0 unspecified atom stereocenters. The van der Waals surface area contributed by atoms with Crippen molar-refractivity contribution < 1.29 is 9.53 Å². The van der Waals surface area contributed by atoms with Gasteiger partial charge in [0, 0.05) is 11.5 Å². The number of allylic oxidation sites excluding steroid dienone is 1. The minimum Gasteiger partial charge on any atom is -0.425 e. The Morgan fingerprint density at radius 2 is 1.65 bits per heavy atom. The topological polar surface area (TPSA) is 50.1 Å². The molecule has 0 saturated heterocycles. The lowest BCUT2D eigenvalue weighted by molar-refractivity contribution is -0.143. The summed E-state index contributed by atoms with van der Waals surface area (Å²) in [5, 5.41) is 9.93. The number of ether oxygens (including phenoxy) is 1. The second-order valence-corrected chi connectivity index (χ2v) is 6.63. The molecule has 0 saturated carbocycles. The number of carbonyl (C=O) groups excluding carboxylic acids is 1. The Bertz CT molecular complexity index is 818. The summed E-state index contributed by atoms with van der Waals surface area (Å²) in [4.78, 5) is 12.9. The Morgan fingerprint density at radius 1 is 1.00 bits per heavy atom. The third-order valence-electron chi connectivity index (χ3n) is 4.90. The van der Waals surface area contributed by atoms with Crippen LogP contribution in [-0.2, 0) is 9.53 Å². The Hall–Kier alpha value is -2.86. The van der Waals surface area contributed by atoms with Crippen LogP contribution in [0.25, 0.3) is 5.76 Å². The van der Waals surface area contributed by atoms with E-state index < -0.39 is 0 Å². The number of rotatable bonds is 6. The summed E-state index contributed by atoms with van der Waals surface area (Å²) in [5.74, 6) is -0.396. The first-order valence-electron chi connectivity index (χ1n) is 9.22. The number of esters is 1. The highest BCUT2D eigenvalue weighted by atomic mass is 16.5. The largest absolute Gasteiger partial charge is 0.425 e. The van der Waals surface area contributed by atoms with Crippen molar-refractivity contribution in [3.8, 4) is 6.07 Å². The molecule has 0 N–H and O–H groups in total. The molecule has 132 valence electrons. The summed E-state index contributed by atoms with van der Waals surface area (Å²) >= 11 is 0. The van der Waals surface area contributed by atoms with E-state index in [1.165, 1.54) is 0 Å². The minimum atomic E-state index is -0.314. The molecule has 0 radical (unpaired) electrons. The summed E-state index contributed by atoms with van der Waals surface area (Å²) in [6, 6.07) is 21.6. The smallest absolute Gasteiger partial charge is 0.315 e. The zero-order valence-electron chi connectivity index (χ0n) is 15.0. The number of cyclic esters (lactones) is 1. The maximum atomic E-state index is 12.9. The van der Waals surface area contributed by atoms with Crippen LogP contribution < -0.4 is 0 Å². The summed E-state index contributed by atoms with van der Waals surface area (Å²) in [6.07, 6.45) is 3.86. The molecule has 2 atom stereocenters. The fraction of sp³-hybridized carbons (Fsp3) is 0.304. The maximum Gasteiger partial charge on any atom is 0.315 e. The SMILES string of the molecule is CCCCC[C@@H]1C(=O)OC(c2ccccc2)=C(C#N)[C@@H]1c1ccccc1. The number of carbonyl (C=O) groups is 1. The van der Waals surface area contributed by atoms with Crippen LogP contribution in [-0.4, -0.2) is 5.97 Å². The molecular formula is C23H23NO2. The molecule has 0 fully saturated rings. The number of benzene rings is 2. The van der Waals surface area contributed by atoms with Gasteiger partial charge in [0.2, 0.25) is 0 Å². The zero-order chi connectivity index (χ0) is 18.4. The van der Waals surface area contributed by atoms with E-state index in [1.807, 2.05) is 60.7 Å². The van der Waals surface area contributed by atoms with E-state index in [1.54, 1.807) is 0 Å². The van der Waals surface area contributed by atoms with Gasteiger partial charge < -0.3 is 4.74 Å². The van der Waals surface area contributed by atoms with Gasteiger partial charge in [0.15, 0.2) is 5.76 Å². The van der Waals surface area contributed by atoms with Gasteiger partial charge in [0.25, 0.3) is 0 Å². The highest BCUT2D eigenvalue weighted by molar-refractivity contribution is 5.87. The van der Waals surface area contributed by atoms with Gasteiger partial charge >= 0.3 is 5.97 Å². The van der Waals surface area contributed by atoms with Gasteiger partial charge in [-0.2, -0.15) is 5.26 Å². The molecule has 0 aliphatic carbocycles. The lowest BCUT2D eigenvalue weighted by atomic mass is 9.76. The van der Waals surface area contributed by atoms with Crippen molar-refractivity contribution in [2.75, 3.05) is 0 Å². The molecule has 2 aromatic rings. The number of hydrogen-bond acceptors (Lipinski definition) is 3. The lowest BCUT2D eigenvalue weighted by Gasteiger charge is -2.32. The predicted molar refractivity (Wildman–Crippen MR) is 102 cm³/mol. The number of hydrogen-bond donors (Lipinski definition) is 0. The van der Waals surface area contributed by atoms with Crippen molar-refractivity contribution in [1.29, 1.82) is 5.26 Å². The second-order valence-electron chi connectivity index (χ2n) is 6.63. The Balaban J connectivity index is 2.09. The summed E-state index contributed by atoms with van der Waals surface area (Å²) in [5.41, 5.74) is 2.31. The lowest BCUT2D eigenvalue weighted by Crippen LogP contribution is -2.30. The fourth-order valence-electron chi connectivity index (χ4n) is 3.59. The van der Waals surface area contributed by atoms with Crippen molar-refractivity contribution in [3.05, 3.63) is 77.4 Å². The zero-order valence-corrected chi connectivity index (χ0v) is 15.0. The first-order chi connectivity index (χ1) is 12.8. The molecule has 26 heavy (non-hydrogen) atoms. The average Bonchev–Trinajstić information content (AvgIpc) is 2.70. The number of nitrogens with zero attached hydrogens (tertiary/aromatic N) is 1. The van der Waals surface area contributed by atoms with E-state index in [-0.39, 0.29) is 17.8 Å².